The Kier molecular flexibility index (Phi) is 5.32. The van der Waals surface area contributed by atoms with Crippen LogP contribution < -0.4 is 19.5 Å². The van der Waals surface area contributed by atoms with Crippen LogP contribution in [-0.4, -0.2) is 25.1 Å². The van der Waals surface area contributed by atoms with Crippen molar-refractivity contribution in [3.05, 3.63) is 52.5 Å². The standard InChI is InChI=1S/C19H18ClNO5/c1-11(13-3-5-17-18(7-13)26-10-25-17)21-19(23)9-24-16-6-4-14(20)8-15(16)12(2)22/h3-8,11H,9-10H2,1-2H3,(H,21,23)/t11-/m1/s1. The van der Waals surface area contributed by atoms with Crippen LogP contribution in [0, 0.1) is 0 Å². The highest BCUT2D eigenvalue weighted by Gasteiger charge is 2.17. The normalized spacial score (nSPS) is 13.2. The number of ketones is 1. The number of amides is 1. The van der Waals surface area contributed by atoms with Crippen molar-refractivity contribution in [3.63, 3.8) is 0 Å². The Bertz CT molecular complexity index is 852. The number of rotatable bonds is 6. The molecule has 0 fully saturated rings. The number of carbonyl (C=O) groups excluding carboxylic acids is 2. The predicted molar refractivity (Wildman–Crippen MR) is 96.1 cm³/mol. The first-order valence-corrected chi connectivity index (χ1v) is 8.44. The fourth-order valence-corrected chi connectivity index (χ4v) is 2.77. The van der Waals surface area contributed by atoms with Crippen molar-refractivity contribution >= 4 is 23.3 Å². The van der Waals surface area contributed by atoms with Crippen LogP contribution in [0.15, 0.2) is 36.4 Å². The number of Topliss-reactive ketones (excluding diaryl/α,β-unsaturated/α-hetero) is 1. The average molecular weight is 376 g/mol. The molecule has 0 saturated carbocycles. The summed E-state index contributed by atoms with van der Waals surface area (Å²) in [5.74, 6) is 1.19. The van der Waals surface area contributed by atoms with Gasteiger partial charge in [-0.1, -0.05) is 17.7 Å². The zero-order valence-electron chi connectivity index (χ0n) is 14.4. The molecule has 0 radical (unpaired) electrons. The van der Waals surface area contributed by atoms with Crippen molar-refractivity contribution in [2.45, 2.75) is 19.9 Å². The van der Waals surface area contributed by atoms with Crippen LogP contribution in [0.2, 0.25) is 5.02 Å². The van der Waals surface area contributed by atoms with Crippen molar-refractivity contribution in [2.75, 3.05) is 13.4 Å². The molecule has 0 saturated heterocycles. The van der Waals surface area contributed by atoms with Gasteiger partial charge in [0.2, 0.25) is 6.79 Å². The summed E-state index contributed by atoms with van der Waals surface area (Å²) in [6, 6.07) is 9.98. The Morgan fingerprint density at radius 3 is 2.73 bits per heavy atom. The van der Waals surface area contributed by atoms with Crippen LogP contribution in [0.1, 0.15) is 35.8 Å². The first kappa shape index (κ1) is 18.1. The first-order valence-electron chi connectivity index (χ1n) is 8.06. The van der Waals surface area contributed by atoms with Crippen LogP contribution in [-0.2, 0) is 4.79 Å². The SMILES string of the molecule is CC(=O)c1cc(Cl)ccc1OCC(=O)N[C@H](C)c1ccc2c(c1)OCO2. The maximum atomic E-state index is 12.2. The van der Waals surface area contributed by atoms with E-state index in [2.05, 4.69) is 5.32 Å². The highest BCUT2D eigenvalue weighted by Crippen LogP contribution is 2.34. The second-order valence-corrected chi connectivity index (χ2v) is 6.32. The molecule has 0 bridgehead atoms. The maximum absolute atomic E-state index is 12.2. The number of carbonyl (C=O) groups is 2. The van der Waals surface area contributed by atoms with Crippen molar-refractivity contribution in [2.24, 2.45) is 0 Å². The van der Waals surface area contributed by atoms with Gasteiger partial charge in [-0.15, -0.1) is 0 Å². The van der Waals surface area contributed by atoms with Gasteiger partial charge in [-0.2, -0.15) is 0 Å². The average Bonchev–Trinajstić information content (AvgIpc) is 3.08. The van der Waals surface area contributed by atoms with E-state index < -0.39 is 0 Å². The lowest BCUT2D eigenvalue weighted by molar-refractivity contribution is -0.123. The van der Waals surface area contributed by atoms with E-state index in [-0.39, 0.29) is 31.1 Å². The third-order valence-corrected chi connectivity index (χ3v) is 4.19. The quantitative estimate of drug-likeness (QED) is 0.782. The molecule has 136 valence electrons. The number of halogens is 1. The molecule has 1 atom stereocenters. The van der Waals surface area contributed by atoms with Gasteiger partial charge in [0.25, 0.3) is 5.91 Å². The fourth-order valence-electron chi connectivity index (χ4n) is 2.60. The number of ether oxygens (including phenoxy) is 3. The van der Waals surface area contributed by atoms with Gasteiger partial charge >= 0.3 is 0 Å². The van der Waals surface area contributed by atoms with Gasteiger partial charge < -0.3 is 19.5 Å². The minimum atomic E-state index is -0.306. The molecule has 0 aromatic heterocycles. The molecule has 1 amide bonds. The van der Waals surface area contributed by atoms with E-state index in [9.17, 15) is 9.59 Å². The number of hydrogen-bond donors (Lipinski definition) is 1. The van der Waals surface area contributed by atoms with E-state index in [1.165, 1.54) is 13.0 Å². The summed E-state index contributed by atoms with van der Waals surface area (Å²) in [5.41, 5.74) is 1.23. The molecule has 26 heavy (non-hydrogen) atoms. The zero-order chi connectivity index (χ0) is 18.7. The van der Waals surface area contributed by atoms with Gasteiger partial charge in [0, 0.05) is 5.02 Å². The van der Waals surface area contributed by atoms with Crippen molar-refractivity contribution in [1.82, 2.24) is 5.32 Å². The van der Waals surface area contributed by atoms with E-state index in [0.29, 0.717) is 27.8 Å². The summed E-state index contributed by atoms with van der Waals surface area (Å²) in [7, 11) is 0. The van der Waals surface area contributed by atoms with E-state index in [1.54, 1.807) is 12.1 Å². The topological polar surface area (TPSA) is 73.9 Å². The van der Waals surface area contributed by atoms with Crippen molar-refractivity contribution < 1.29 is 23.8 Å². The molecule has 3 rings (SSSR count). The number of nitrogens with one attached hydrogen (secondary N) is 1. The largest absolute Gasteiger partial charge is 0.483 e. The monoisotopic (exact) mass is 375 g/mol. The minimum Gasteiger partial charge on any atom is -0.483 e. The highest BCUT2D eigenvalue weighted by atomic mass is 35.5. The summed E-state index contributed by atoms with van der Waals surface area (Å²) in [4.78, 5) is 23.8. The molecule has 0 unspecified atom stereocenters. The molecule has 0 aliphatic carbocycles. The third-order valence-electron chi connectivity index (χ3n) is 3.95. The van der Waals surface area contributed by atoms with Crippen molar-refractivity contribution in [1.29, 1.82) is 0 Å². The van der Waals surface area contributed by atoms with Gasteiger partial charge in [0.15, 0.2) is 23.9 Å². The molecule has 1 aliphatic heterocycles. The van der Waals surface area contributed by atoms with Gasteiger partial charge in [-0.05, 0) is 49.7 Å². The molecule has 2 aromatic rings. The summed E-state index contributed by atoms with van der Waals surface area (Å²) in [6.07, 6.45) is 0. The molecular formula is C19H18ClNO5. The Balaban J connectivity index is 1.60. The minimum absolute atomic E-state index is 0.184. The van der Waals surface area contributed by atoms with Crippen LogP contribution in [0.3, 0.4) is 0 Å². The van der Waals surface area contributed by atoms with Crippen LogP contribution in [0.25, 0.3) is 0 Å². The lowest BCUT2D eigenvalue weighted by Crippen LogP contribution is -2.31. The molecule has 2 aromatic carbocycles. The van der Waals surface area contributed by atoms with E-state index in [0.717, 1.165) is 5.56 Å². The first-order chi connectivity index (χ1) is 12.4. The summed E-state index contributed by atoms with van der Waals surface area (Å²) < 4.78 is 16.1. The van der Waals surface area contributed by atoms with Gasteiger partial charge in [-0.25, -0.2) is 0 Å². The smallest absolute Gasteiger partial charge is 0.258 e. The number of benzene rings is 2. The van der Waals surface area contributed by atoms with E-state index in [1.807, 2.05) is 25.1 Å². The van der Waals surface area contributed by atoms with Crippen molar-refractivity contribution in [3.8, 4) is 17.2 Å². The Morgan fingerprint density at radius 2 is 1.96 bits per heavy atom. The molecule has 0 spiro atoms. The van der Waals surface area contributed by atoms with Gasteiger partial charge in [-0.3, -0.25) is 9.59 Å². The second kappa shape index (κ2) is 7.66. The molecule has 7 heteroatoms. The molecule has 6 nitrogen and oxygen atoms in total. The Labute approximate surface area is 156 Å². The third kappa shape index (κ3) is 4.08. The lowest BCUT2D eigenvalue weighted by atomic mass is 10.1. The molecular weight excluding hydrogens is 358 g/mol. The molecule has 1 aliphatic rings. The summed E-state index contributed by atoms with van der Waals surface area (Å²) in [6.45, 7) is 3.27. The number of fused-ring (bicyclic) bond motifs is 1. The Hall–Kier alpha value is -2.73. The molecule has 1 N–H and O–H groups in total. The second-order valence-electron chi connectivity index (χ2n) is 5.89. The van der Waals surface area contributed by atoms with Crippen LogP contribution in [0.5, 0.6) is 17.2 Å². The zero-order valence-corrected chi connectivity index (χ0v) is 15.1. The van der Waals surface area contributed by atoms with E-state index in [4.69, 9.17) is 25.8 Å². The predicted octanol–water partition coefficient (Wildman–Crippen LogP) is 3.53. The van der Waals surface area contributed by atoms with Crippen LogP contribution >= 0.6 is 11.6 Å². The lowest BCUT2D eigenvalue weighted by Gasteiger charge is -2.16. The van der Waals surface area contributed by atoms with E-state index >= 15 is 0 Å². The fraction of sp³-hybridized carbons (Fsp3) is 0.263. The van der Waals surface area contributed by atoms with Gasteiger partial charge in [0.05, 0.1) is 11.6 Å². The number of hydrogen-bond acceptors (Lipinski definition) is 5. The summed E-state index contributed by atoms with van der Waals surface area (Å²) >= 11 is 5.89. The summed E-state index contributed by atoms with van der Waals surface area (Å²) in [5, 5.41) is 3.28. The highest BCUT2D eigenvalue weighted by molar-refractivity contribution is 6.31. The van der Waals surface area contributed by atoms with Gasteiger partial charge in [0.1, 0.15) is 5.75 Å². The Morgan fingerprint density at radius 1 is 1.19 bits per heavy atom. The van der Waals surface area contributed by atoms with Crippen LogP contribution in [0.4, 0.5) is 0 Å². The maximum Gasteiger partial charge on any atom is 0.258 e. The molecule has 1 heterocycles.